The highest BCUT2D eigenvalue weighted by Crippen LogP contribution is 2.44. The third-order valence-electron chi connectivity index (χ3n) is 6.50. The summed E-state index contributed by atoms with van der Waals surface area (Å²) in [6.07, 6.45) is 2.39. The fraction of sp³-hybridized carbons (Fsp3) is 0.500. The van der Waals surface area contributed by atoms with Crippen molar-refractivity contribution in [3.63, 3.8) is 0 Å². The van der Waals surface area contributed by atoms with Gasteiger partial charge in [-0.2, -0.15) is 0 Å². The zero-order chi connectivity index (χ0) is 19.3. The van der Waals surface area contributed by atoms with E-state index < -0.39 is 0 Å². The van der Waals surface area contributed by atoms with Crippen LogP contribution in [0, 0.1) is 5.92 Å². The predicted molar refractivity (Wildman–Crippen MR) is 128 cm³/mol. The Hall–Kier alpha value is -1.26. The molecule has 0 spiro atoms. The molecule has 5 heteroatoms. The first kappa shape index (κ1) is 25.8. The third kappa shape index (κ3) is 6.11. The van der Waals surface area contributed by atoms with Crippen molar-refractivity contribution < 1.29 is 4.74 Å². The molecule has 3 atom stereocenters. The number of rotatable bonds is 7. The van der Waals surface area contributed by atoms with Crippen LogP contribution in [0.25, 0.3) is 0 Å². The number of nitrogens with one attached hydrogen (secondary N) is 1. The summed E-state index contributed by atoms with van der Waals surface area (Å²) in [5, 5.41) is 3.67. The molecule has 0 aliphatic carbocycles. The van der Waals surface area contributed by atoms with Crippen molar-refractivity contribution in [2.45, 2.75) is 44.7 Å². The molecule has 0 bridgehead atoms. The first-order valence-electron chi connectivity index (χ1n) is 10.1. The van der Waals surface area contributed by atoms with Crippen molar-refractivity contribution in [3.8, 4) is 5.75 Å². The van der Waals surface area contributed by atoms with Gasteiger partial charge in [0.25, 0.3) is 0 Å². The maximum Gasteiger partial charge on any atom is 0.118 e. The molecule has 1 aliphatic rings. The molecule has 1 heterocycles. The standard InChI is InChI=1S/C24H34N2O.2ClH/c1-19-18-26(3)20(2)16-24(19,22-8-6-5-7-9-22)14-15-25-17-21-10-12-23(27-4)13-11-21;;/h5-13,19-20,25H,14-18H2,1-4H3;2*1H. The monoisotopic (exact) mass is 438 g/mol. The lowest BCUT2D eigenvalue weighted by Gasteiger charge is -2.50. The fourth-order valence-corrected chi connectivity index (χ4v) is 4.62. The summed E-state index contributed by atoms with van der Waals surface area (Å²) in [6, 6.07) is 20.1. The van der Waals surface area contributed by atoms with E-state index in [0.717, 1.165) is 25.4 Å². The SMILES string of the molecule is COc1ccc(CNCCC2(c3ccccc3)CC(C)N(C)CC2C)cc1.Cl.Cl. The average molecular weight is 439 g/mol. The van der Waals surface area contributed by atoms with Gasteiger partial charge in [-0.25, -0.2) is 0 Å². The molecule has 0 saturated carbocycles. The van der Waals surface area contributed by atoms with E-state index in [4.69, 9.17) is 4.74 Å². The van der Waals surface area contributed by atoms with Gasteiger partial charge in [0.1, 0.15) is 5.75 Å². The summed E-state index contributed by atoms with van der Waals surface area (Å²) in [7, 11) is 3.97. The summed E-state index contributed by atoms with van der Waals surface area (Å²) < 4.78 is 5.24. The normalized spacial score (nSPS) is 24.3. The highest BCUT2D eigenvalue weighted by molar-refractivity contribution is 5.85. The van der Waals surface area contributed by atoms with Crippen LogP contribution in [0.3, 0.4) is 0 Å². The summed E-state index contributed by atoms with van der Waals surface area (Å²) in [4.78, 5) is 2.51. The van der Waals surface area contributed by atoms with E-state index in [-0.39, 0.29) is 30.2 Å². The van der Waals surface area contributed by atoms with Crippen molar-refractivity contribution in [1.82, 2.24) is 10.2 Å². The zero-order valence-electron chi connectivity index (χ0n) is 18.1. The van der Waals surface area contributed by atoms with Gasteiger partial charge >= 0.3 is 0 Å². The second-order valence-corrected chi connectivity index (χ2v) is 8.19. The number of methoxy groups -OCH3 is 1. The molecule has 0 radical (unpaired) electrons. The molecular weight excluding hydrogens is 403 g/mol. The van der Waals surface area contributed by atoms with Crippen LogP contribution >= 0.6 is 24.8 Å². The number of hydrogen-bond donors (Lipinski definition) is 1. The molecule has 162 valence electrons. The summed E-state index contributed by atoms with van der Waals surface area (Å²) in [5.41, 5.74) is 3.05. The Labute approximate surface area is 189 Å². The van der Waals surface area contributed by atoms with Gasteiger partial charge in [-0.15, -0.1) is 24.8 Å². The Bertz CT molecular complexity index is 711. The third-order valence-corrected chi connectivity index (χ3v) is 6.50. The fourth-order valence-electron chi connectivity index (χ4n) is 4.62. The van der Waals surface area contributed by atoms with Gasteiger partial charge in [0.2, 0.25) is 0 Å². The van der Waals surface area contributed by atoms with Crippen LogP contribution in [0.5, 0.6) is 5.75 Å². The molecule has 1 fully saturated rings. The first-order chi connectivity index (χ1) is 13.0. The van der Waals surface area contributed by atoms with Gasteiger partial charge in [0, 0.05) is 24.5 Å². The van der Waals surface area contributed by atoms with Crippen LogP contribution in [-0.2, 0) is 12.0 Å². The second kappa shape index (κ2) is 11.8. The Morgan fingerprint density at radius 2 is 1.69 bits per heavy atom. The molecule has 2 aromatic rings. The molecule has 1 aliphatic heterocycles. The minimum Gasteiger partial charge on any atom is -0.497 e. The average Bonchev–Trinajstić information content (AvgIpc) is 2.70. The number of benzene rings is 2. The minimum absolute atomic E-state index is 0. The van der Waals surface area contributed by atoms with Gasteiger partial charge < -0.3 is 15.0 Å². The number of piperidine rings is 1. The largest absolute Gasteiger partial charge is 0.497 e. The molecule has 3 unspecified atom stereocenters. The van der Waals surface area contributed by atoms with Gasteiger partial charge in [0.05, 0.1) is 7.11 Å². The molecular formula is C24H36Cl2N2O. The van der Waals surface area contributed by atoms with Crippen LogP contribution in [0.4, 0.5) is 0 Å². The summed E-state index contributed by atoms with van der Waals surface area (Å²) in [6.45, 7) is 7.89. The van der Waals surface area contributed by atoms with Crippen LogP contribution < -0.4 is 10.1 Å². The topological polar surface area (TPSA) is 24.5 Å². The number of likely N-dealkylation sites (tertiary alicyclic amines) is 1. The van der Waals surface area contributed by atoms with Gasteiger partial charge in [-0.3, -0.25) is 0 Å². The van der Waals surface area contributed by atoms with E-state index in [2.05, 4.69) is 73.6 Å². The molecule has 1 saturated heterocycles. The molecule has 0 amide bonds. The smallest absolute Gasteiger partial charge is 0.118 e. The van der Waals surface area contributed by atoms with Crippen molar-refractivity contribution >= 4 is 24.8 Å². The lowest BCUT2D eigenvalue weighted by Crippen LogP contribution is -2.52. The lowest BCUT2D eigenvalue weighted by atomic mass is 9.63. The van der Waals surface area contributed by atoms with Gasteiger partial charge in [-0.05, 0) is 62.5 Å². The van der Waals surface area contributed by atoms with Crippen LogP contribution in [0.1, 0.15) is 37.8 Å². The number of nitrogens with zero attached hydrogens (tertiary/aromatic N) is 1. The van der Waals surface area contributed by atoms with E-state index in [1.165, 1.54) is 24.0 Å². The Morgan fingerprint density at radius 1 is 1.03 bits per heavy atom. The summed E-state index contributed by atoms with van der Waals surface area (Å²) >= 11 is 0. The van der Waals surface area contributed by atoms with Gasteiger partial charge in [0.15, 0.2) is 0 Å². The van der Waals surface area contributed by atoms with Crippen molar-refractivity contribution in [1.29, 1.82) is 0 Å². The van der Waals surface area contributed by atoms with E-state index in [9.17, 15) is 0 Å². The van der Waals surface area contributed by atoms with Crippen molar-refractivity contribution in [2.24, 2.45) is 5.92 Å². The Balaban J connectivity index is 0.00000210. The molecule has 1 N–H and O–H groups in total. The highest BCUT2D eigenvalue weighted by Gasteiger charge is 2.43. The number of ether oxygens (including phenoxy) is 1. The maximum absolute atomic E-state index is 5.24. The second-order valence-electron chi connectivity index (χ2n) is 8.19. The van der Waals surface area contributed by atoms with E-state index in [1.54, 1.807) is 7.11 Å². The van der Waals surface area contributed by atoms with Crippen LogP contribution in [0.15, 0.2) is 54.6 Å². The molecule has 0 aromatic heterocycles. The maximum atomic E-state index is 5.24. The van der Waals surface area contributed by atoms with Crippen molar-refractivity contribution in [3.05, 3.63) is 65.7 Å². The lowest BCUT2D eigenvalue weighted by molar-refractivity contribution is 0.0689. The molecule has 3 rings (SSSR count). The van der Waals surface area contributed by atoms with Gasteiger partial charge in [-0.1, -0.05) is 49.4 Å². The quantitative estimate of drug-likeness (QED) is 0.592. The van der Waals surface area contributed by atoms with Crippen LogP contribution in [0.2, 0.25) is 0 Å². The van der Waals surface area contributed by atoms with E-state index in [1.807, 2.05) is 12.1 Å². The predicted octanol–water partition coefficient (Wildman–Crippen LogP) is 5.32. The first-order valence-corrected chi connectivity index (χ1v) is 10.1. The van der Waals surface area contributed by atoms with Crippen molar-refractivity contribution in [2.75, 3.05) is 27.2 Å². The number of halogens is 2. The number of hydrogen-bond acceptors (Lipinski definition) is 3. The summed E-state index contributed by atoms with van der Waals surface area (Å²) in [5.74, 6) is 1.56. The van der Waals surface area contributed by atoms with E-state index in [0.29, 0.717) is 12.0 Å². The Kier molecular flexibility index (Phi) is 10.5. The highest BCUT2D eigenvalue weighted by atomic mass is 35.5. The minimum atomic E-state index is 0. The van der Waals surface area contributed by atoms with E-state index >= 15 is 0 Å². The van der Waals surface area contributed by atoms with Crippen LogP contribution in [-0.4, -0.2) is 38.2 Å². The Morgan fingerprint density at radius 3 is 2.31 bits per heavy atom. The zero-order valence-corrected chi connectivity index (χ0v) is 19.7. The molecule has 3 nitrogen and oxygen atoms in total. The molecule has 29 heavy (non-hydrogen) atoms. The molecule has 2 aromatic carbocycles.